The number of fused-ring (bicyclic) bond motifs is 1. The van der Waals surface area contributed by atoms with Crippen molar-refractivity contribution in [2.24, 2.45) is 0 Å². The van der Waals surface area contributed by atoms with E-state index in [9.17, 15) is 8.42 Å². The van der Waals surface area contributed by atoms with Gasteiger partial charge in [-0.2, -0.15) is 0 Å². The second kappa shape index (κ2) is 7.03. The van der Waals surface area contributed by atoms with E-state index in [0.29, 0.717) is 5.69 Å². The summed E-state index contributed by atoms with van der Waals surface area (Å²) in [5, 5.41) is 0.856. The predicted molar refractivity (Wildman–Crippen MR) is 113 cm³/mol. The zero-order valence-electron chi connectivity index (χ0n) is 14.2. The fraction of sp³-hybridized carbons (Fsp3) is 0.0526. The van der Waals surface area contributed by atoms with E-state index in [2.05, 4.69) is 30.6 Å². The molecule has 0 spiro atoms. The Bertz CT molecular complexity index is 1200. The van der Waals surface area contributed by atoms with Crippen molar-refractivity contribution in [3.8, 4) is 10.6 Å². The van der Waals surface area contributed by atoms with Gasteiger partial charge >= 0.3 is 0 Å². The molecular weight excluding hydrogens is 446 g/mol. The molecule has 0 saturated heterocycles. The summed E-state index contributed by atoms with van der Waals surface area (Å²) < 4.78 is 28.7. The number of nitrogens with one attached hydrogen (secondary N) is 1. The fourth-order valence-electron chi connectivity index (χ4n) is 2.62. The summed E-state index contributed by atoms with van der Waals surface area (Å²) in [7, 11) is -3.64. The van der Waals surface area contributed by atoms with Crippen molar-refractivity contribution in [2.45, 2.75) is 11.8 Å². The smallest absolute Gasteiger partial charge is 0.261 e. The summed E-state index contributed by atoms with van der Waals surface area (Å²) in [5.74, 6) is 0. The van der Waals surface area contributed by atoms with Gasteiger partial charge in [-0.3, -0.25) is 4.72 Å². The van der Waals surface area contributed by atoms with Gasteiger partial charge in [-0.25, -0.2) is 18.4 Å². The first-order chi connectivity index (χ1) is 12.9. The number of hydrogen-bond acceptors (Lipinski definition) is 5. The number of aryl methyl sites for hydroxylation is 1. The quantitative estimate of drug-likeness (QED) is 0.453. The highest BCUT2D eigenvalue weighted by atomic mass is 79.9. The molecule has 4 aromatic rings. The molecule has 27 heavy (non-hydrogen) atoms. The Hall–Kier alpha value is -2.29. The maximum Gasteiger partial charge on any atom is 0.261 e. The fourth-order valence-corrected chi connectivity index (χ4v) is 4.92. The van der Waals surface area contributed by atoms with Crippen molar-refractivity contribution in [3.05, 3.63) is 70.8 Å². The number of aromatic nitrogens is 2. The summed E-state index contributed by atoms with van der Waals surface area (Å²) in [4.78, 5) is 10.0. The van der Waals surface area contributed by atoms with Crippen molar-refractivity contribution in [1.82, 2.24) is 9.97 Å². The normalized spacial score (nSPS) is 11.6. The predicted octanol–water partition coefficient (Wildman–Crippen LogP) is 5.23. The van der Waals surface area contributed by atoms with Crippen LogP contribution in [-0.2, 0) is 10.0 Å². The molecule has 4 rings (SSSR count). The molecule has 0 aliphatic rings. The molecule has 2 heterocycles. The monoisotopic (exact) mass is 459 g/mol. The van der Waals surface area contributed by atoms with Crippen LogP contribution in [-0.4, -0.2) is 18.4 Å². The minimum absolute atomic E-state index is 0.214. The average Bonchev–Trinajstić information content (AvgIpc) is 3.08. The third kappa shape index (κ3) is 3.73. The Morgan fingerprint density at radius 1 is 1.07 bits per heavy atom. The number of pyridine rings is 1. The van der Waals surface area contributed by atoms with Crippen LogP contribution in [0.4, 0.5) is 5.69 Å². The third-order valence-electron chi connectivity index (χ3n) is 4.01. The lowest BCUT2D eigenvalue weighted by molar-refractivity contribution is 0.601. The van der Waals surface area contributed by atoms with Crippen LogP contribution in [0.15, 0.2) is 70.2 Å². The minimum Gasteiger partial charge on any atom is -0.279 e. The van der Waals surface area contributed by atoms with Gasteiger partial charge in [0.25, 0.3) is 10.0 Å². The van der Waals surface area contributed by atoms with Crippen molar-refractivity contribution in [1.29, 1.82) is 0 Å². The number of halogens is 1. The van der Waals surface area contributed by atoms with Crippen LogP contribution in [0.5, 0.6) is 0 Å². The van der Waals surface area contributed by atoms with Crippen LogP contribution in [0.3, 0.4) is 0 Å². The van der Waals surface area contributed by atoms with Crippen LogP contribution < -0.4 is 4.72 Å². The zero-order chi connectivity index (χ0) is 19.0. The van der Waals surface area contributed by atoms with Crippen molar-refractivity contribution in [3.63, 3.8) is 0 Å². The van der Waals surface area contributed by atoms with E-state index >= 15 is 0 Å². The maximum absolute atomic E-state index is 12.6. The van der Waals surface area contributed by atoms with Gasteiger partial charge in [-0.15, -0.1) is 0 Å². The lowest BCUT2D eigenvalue weighted by atomic mass is 10.1. The van der Waals surface area contributed by atoms with Crippen LogP contribution in [0, 0.1) is 6.92 Å². The molecule has 0 radical (unpaired) electrons. The molecule has 0 saturated carbocycles. The summed E-state index contributed by atoms with van der Waals surface area (Å²) >= 11 is 4.82. The van der Waals surface area contributed by atoms with Gasteiger partial charge in [0.2, 0.25) is 0 Å². The Morgan fingerprint density at radius 3 is 2.56 bits per heavy atom. The average molecular weight is 460 g/mol. The van der Waals surface area contributed by atoms with Crippen LogP contribution >= 0.6 is 27.3 Å². The zero-order valence-corrected chi connectivity index (χ0v) is 17.4. The van der Waals surface area contributed by atoms with Crippen LogP contribution in [0.2, 0.25) is 0 Å². The first kappa shape index (κ1) is 18.1. The standard InChI is InChI=1S/C19H14BrN3O2S2/c1-12-11-13(18-22-17-3-2-10-21-19(17)26-18)4-9-16(12)23-27(24,25)15-7-5-14(20)6-8-15/h2-11,23H,1H3. The van der Waals surface area contributed by atoms with E-state index in [1.165, 1.54) is 11.3 Å². The SMILES string of the molecule is Cc1cc(-c2nc3cccnc3s2)ccc1NS(=O)(=O)c1ccc(Br)cc1. The summed E-state index contributed by atoms with van der Waals surface area (Å²) in [6.45, 7) is 1.87. The Labute approximate surface area is 169 Å². The molecule has 1 N–H and O–H groups in total. The molecule has 0 aliphatic heterocycles. The van der Waals surface area contributed by atoms with Crippen LogP contribution in [0.25, 0.3) is 20.9 Å². The Morgan fingerprint density at radius 2 is 1.85 bits per heavy atom. The molecule has 0 atom stereocenters. The largest absolute Gasteiger partial charge is 0.279 e. The van der Waals surface area contributed by atoms with Gasteiger partial charge in [0.15, 0.2) is 0 Å². The van der Waals surface area contributed by atoms with Gasteiger partial charge < -0.3 is 0 Å². The van der Waals surface area contributed by atoms with E-state index in [-0.39, 0.29) is 4.90 Å². The van der Waals surface area contributed by atoms with Gasteiger partial charge in [0, 0.05) is 16.2 Å². The lowest BCUT2D eigenvalue weighted by Crippen LogP contribution is -2.13. The topological polar surface area (TPSA) is 72.0 Å². The van der Waals surface area contributed by atoms with E-state index in [1.807, 2.05) is 31.2 Å². The third-order valence-corrected chi connectivity index (χ3v) is 6.95. The van der Waals surface area contributed by atoms with E-state index in [4.69, 9.17) is 0 Å². The molecule has 2 aromatic carbocycles. The molecular formula is C19H14BrN3O2S2. The van der Waals surface area contributed by atoms with Crippen molar-refractivity contribution < 1.29 is 8.42 Å². The molecule has 0 aliphatic carbocycles. The highest BCUT2D eigenvalue weighted by molar-refractivity contribution is 9.10. The second-order valence-electron chi connectivity index (χ2n) is 5.94. The van der Waals surface area contributed by atoms with Crippen molar-refractivity contribution >= 4 is 53.3 Å². The first-order valence-corrected chi connectivity index (χ1v) is 11.1. The van der Waals surface area contributed by atoms with E-state index in [0.717, 1.165) is 31.0 Å². The summed E-state index contributed by atoms with van der Waals surface area (Å²) in [6, 6.07) is 15.9. The number of benzene rings is 2. The Balaban J connectivity index is 1.64. The van der Waals surface area contributed by atoms with Gasteiger partial charge in [0.05, 0.1) is 10.6 Å². The highest BCUT2D eigenvalue weighted by Crippen LogP contribution is 2.31. The molecule has 0 amide bonds. The molecule has 2 aromatic heterocycles. The number of sulfonamides is 1. The summed E-state index contributed by atoms with van der Waals surface area (Å²) in [6.07, 6.45) is 1.75. The van der Waals surface area contributed by atoms with E-state index in [1.54, 1.807) is 36.5 Å². The molecule has 8 heteroatoms. The first-order valence-electron chi connectivity index (χ1n) is 8.03. The van der Waals surface area contributed by atoms with Gasteiger partial charge in [-0.1, -0.05) is 27.3 Å². The second-order valence-corrected chi connectivity index (χ2v) is 9.51. The minimum atomic E-state index is -3.64. The van der Waals surface area contributed by atoms with Crippen molar-refractivity contribution in [2.75, 3.05) is 4.72 Å². The number of anilines is 1. The molecule has 136 valence electrons. The molecule has 0 unspecified atom stereocenters. The Kier molecular flexibility index (Phi) is 4.71. The number of thiazole rings is 1. The number of rotatable bonds is 4. The lowest BCUT2D eigenvalue weighted by Gasteiger charge is -2.11. The van der Waals surface area contributed by atoms with Gasteiger partial charge in [-0.05, 0) is 67.1 Å². The number of hydrogen-bond donors (Lipinski definition) is 1. The molecule has 0 fully saturated rings. The maximum atomic E-state index is 12.6. The summed E-state index contributed by atoms with van der Waals surface area (Å²) in [5.41, 5.74) is 3.15. The molecule has 5 nitrogen and oxygen atoms in total. The van der Waals surface area contributed by atoms with E-state index < -0.39 is 10.0 Å². The highest BCUT2D eigenvalue weighted by Gasteiger charge is 2.16. The number of nitrogens with zero attached hydrogens (tertiary/aromatic N) is 2. The molecule has 0 bridgehead atoms. The van der Waals surface area contributed by atoms with Gasteiger partial charge in [0.1, 0.15) is 15.4 Å². The van der Waals surface area contributed by atoms with Crippen LogP contribution in [0.1, 0.15) is 5.56 Å².